The highest BCUT2D eigenvalue weighted by Gasteiger charge is 2.63. The van der Waals surface area contributed by atoms with Crippen molar-refractivity contribution in [1.82, 2.24) is 0 Å². The van der Waals surface area contributed by atoms with E-state index in [9.17, 15) is 5.11 Å². The molecule has 4 saturated carbocycles. The first-order valence-corrected chi connectivity index (χ1v) is 14.8. The molecule has 8 atom stereocenters. The summed E-state index contributed by atoms with van der Waals surface area (Å²) in [5.74, 6) is 3.37. The molecule has 0 aromatic rings. The molecule has 0 aromatic carbocycles. The zero-order valence-electron chi connectivity index (χ0n) is 18.1. The fourth-order valence-electron chi connectivity index (χ4n) is 8.07. The van der Waals surface area contributed by atoms with Gasteiger partial charge < -0.3 is 9.53 Å². The predicted octanol–water partition coefficient (Wildman–Crippen LogP) is 6.00. The first-order chi connectivity index (χ1) is 12.0. The van der Waals surface area contributed by atoms with Gasteiger partial charge in [-0.05, 0) is 119 Å². The fraction of sp³-hybridized carbons (Fsp3) is 1.00. The average molecular weight is 379 g/mol. The summed E-state index contributed by atoms with van der Waals surface area (Å²) >= 11 is 0. The maximum atomic E-state index is 11.1. The van der Waals surface area contributed by atoms with E-state index in [0.29, 0.717) is 11.5 Å². The Balaban J connectivity index is 1.52. The van der Waals surface area contributed by atoms with E-state index >= 15 is 0 Å². The molecule has 0 bridgehead atoms. The monoisotopic (exact) mass is 378 g/mol. The topological polar surface area (TPSA) is 29.5 Å². The molecule has 4 rings (SSSR count). The third-order valence-electron chi connectivity index (χ3n) is 9.70. The lowest BCUT2D eigenvalue weighted by atomic mass is 9.44. The second kappa shape index (κ2) is 6.07. The first kappa shape index (κ1) is 19.5. The van der Waals surface area contributed by atoms with E-state index < -0.39 is 13.9 Å². The maximum Gasteiger partial charge on any atom is 0.184 e. The Morgan fingerprint density at radius 1 is 0.846 bits per heavy atom. The largest absolute Gasteiger partial charge is 0.415 e. The number of aliphatic hydroxyl groups is 1. The van der Waals surface area contributed by atoms with Crippen LogP contribution >= 0.6 is 0 Å². The second-order valence-electron chi connectivity index (χ2n) is 12.1. The quantitative estimate of drug-likeness (QED) is 0.597. The zero-order valence-corrected chi connectivity index (χ0v) is 19.1. The zero-order chi connectivity index (χ0) is 19.0. The van der Waals surface area contributed by atoms with Crippen LogP contribution in [-0.2, 0) is 4.43 Å². The van der Waals surface area contributed by atoms with Gasteiger partial charge in [-0.3, -0.25) is 0 Å². The minimum Gasteiger partial charge on any atom is -0.415 e. The molecule has 0 heterocycles. The van der Waals surface area contributed by atoms with Crippen LogP contribution < -0.4 is 0 Å². The highest BCUT2D eigenvalue weighted by molar-refractivity contribution is 6.69. The van der Waals surface area contributed by atoms with E-state index in [-0.39, 0.29) is 5.41 Å². The standard InChI is InChI=1S/C23H42O2Si/c1-21-12-9-17(25-26(4,5)6)15-16(21)7-8-18-19(21)10-13-22(2)20(18)11-14-23(22,3)24/h16-20,24H,7-15H2,1-6H3/t16?,17?,18-,19+,20+,21+,22+,23?/m1/s1. The molecule has 26 heavy (non-hydrogen) atoms. The Hall–Kier alpha value is 0.137. The molecule has 0 aromatic heterocycles. The van der Waals surface area contributed by atoms with Crippen molar-refractivity contribution in [3.8, 4) is 0 Å². The molecule has 0 spiro atoms. The van der Waals surface area contributed by atoms with Gasteiger partial charge in [-0.2, -0.15) is 0 Å². The van der Waals surface area contributed by atoms with Crippen molar-refractivity contribution in [3.05, 3.63) is 0 Å². The normalized spacial score (nSPS) is 54.3. The summed E-state index contributed by atoms with van der Waals surface area (Å²) in [5.41, 5.74) is 0.247. The van der Waals surface area contributed by atoms with Gasteiger partial charge in [-0.25, -0.2) is 0 Å². The molecule has 0 radical (unpaired) electrons. The fourth-order valence-corrected chi connectivity index (χ4v) is 9.28. The highest BCUT2D eigenvalue weighted by Crippen LogP contribution is 2.68. The first-order valence-electron chi connectivity index (χ1n) is 11.4. The predicted molar refractivity (Wildman–Crippen MR) is 111 cm³/mol. The number of hydrogen-bond acceptors (Lipinski definition) is 2. The van der Waals surface area contributed by atoms with Gasteiger partial charge in [0, 0.05) is 6.10 Å². The summed E-state index contributed by atoms with van der Waals surface area (Å²) in [6.45, 7) is 14.2. The third kappa shape index (κ3) is 2.87. The lowest BCUT2D eigenvalue weighted by molar-refractivity contribution is -0.152. The van der Waals surface area contributed by atoms with Crippen molar-refractivity contribution in [2.75, 3.05) is 0 Å². The van der Waals surface area contributed by atoms with Crippen molar-refractivity contribution < 1.29 is 9.53 Å². The van der Waals surface area contributed by atoms with Crippen LogP contribution in [0.3, 0.4) is 0 Å². The number of rotatable bonds is 2. The van der Waals surface area contributed by atoms with Crippen LogP contribution in [-0.4, -0.2) is 25.1 Å². The van der Waals surface area contributed by atoms with Crippen molar-refractivity contribution >= 4 is 8.32 Å². The molecule has 150 valence electrons. The Morgan fingerprint density at radius 3 is 2.23 bits per heavy atom. The van der Waals surface area contributed by atoms with Crippen molar-refractivity contribution in [2.45, 2.75) is 110 Å². The minimum absolute atomic E-state index is 0.162. The van der Waals surface area contributed by atoms with Crippen LogP contribution in [0.25, 0.3) is 0 Å². The molecule has 0 saturated heterocycles. The Morgan fingerprint density at radius 2 is 1.54 bits per heavy atom. The Kier molecular flexibility index (Phi) is 4.54. The van der Waals surface area contributed by atoms with Crippen molar-refractivity contribution in [2.24, 2.45) is 34.5 Å². The number of fused-ring (bicyclic) bond motifs is 5. The van der Waals surface area contributed by atoms with Gasteiger partial charge in [0.25, 0.3) is 0 Å². The lowest BCUT2D eigenvalue weighted by Gasteiger charge is -2.61. The second-order valence-corrected chi connectivity index (χ2v) is 16.5. The molecular formula is C23H42O2Si. The number of hydrogen-bond donors (Lipinski definition) is 1. The van der Waals surface area contributed by atoms with Gasteiger partial charge in [0.1, 0.15) is 0 Å². The molecule has 4 aliphatic carbocycles. The summed E-state index contributed by atoms with van der Waals surface area (Å²) in [6, 6.07) is 0. The molecule has 0 amide bonds. The summed E-state index contributed by atoms with van der Waals surface area (Å²) in [6.07, 6.45) is 12.1. The maximum absolute atomic E-state index is 11.1. The lowest BCUT2D eigenvalue weighted by Crippen LogP contribution is -2.56. The van der Waals surface area contributed by atoms with E-state index in [1.807, 2.05) is 0 Å². The third-order valence-corrected chi connectivity index (χ3v) is 10.7. The van der Waals surface area contributed by atoms with E-state index in [1.165, 1.54) is 51.4 Å². The van der Waals surface area contributed by atoms with Crippen LogP contribution in [0.15, 0.2) is 0 Å². The summed E-state index contributed by atoms with van der Waals surface area (Å²) in [5, 5.41) is 11.1. The van der Waals surface area contributed by atoms with E-state index in [2.05, 4.69) is 40.4 Å². The van der Waals surface area contributed by atoms with E-state index in [4.69, 9.17) is 4.43 Å². The van der Waals surface area contributed by atoms with Gasteiger partial charge in [0.15, 0.2) is 8.32 Å². The van der Waals surface area contributed by atoms with Gasteiger partial charge in [0.05, 0.1) is 5.60 Å². The Bertz CT molecular complexity index is 553. The molecule has 4 aliphatic rings. The highest BCUT2D eigenvalue weighted by atomic mass is 28.4. The van der Waals surface area contributed by atoms with Gasteiger partial charge in [-0.15, -0.1) is 0 Å². The molecule has 4 fully saturated rings. The smallest absolute Gasteiger partial charge is 0.184 e. The van der Waals surface area contributed by atoms with Crippen molar-refractivity contribution in [3.63, 3.8) is 0 Å². The molecule has 2 nitrogen and oxygen atoms in total. The Labute approximate surface area is 162 Å². The molecular weight excluding hydrogens is 336 g/mol. The summed E-state index contributed by atoms with van der Waals surface area (Å²) < 4.78 is 6.53. The van der Waals surface area contributed by atoms with Crippen LogP contribution in [0.5, 0.6) is 0 Å². The molecule has 3 unspecified atom stereocenters. The van der Waals surface area contributed by atoms with E-state index in [1.54, 1.807) is 0 Å². The molecule has 0 aliphatic heterocycles. The molecule has 3 heteroatoms. The average Bonchev–Trinajstić information content (AvgIpc) is 2.76. The van der Waals surface area contributed by atoms with Crippen LogP contribution in [0, 0.1) is 34.5 Å². The summed E-state index contributed by atoms with van der Waals surface area (Å²) in [7, 11) is -1.43. The van der Waals surface area contributed by atoms with Gasteiger partial charge in [-0.1, -0.05) is 13.8 Å². The van der Waals surface area contributed by atoms with Crippen LogP contribution in [0.2, 0.25) is 19.6 Å². The SMILES string of the molecule is CC1(O)CC[C@H]2[C@@H]3CCC4CC(O[Si](C)(C)C)CC[C@]4(C)[C@H]3CC[C@@]21C. The van der Waals surface area contributed by atoms with E-state index in [0.717, 1.165) is 30.1 Å². The van der Waals surface area contributed by atoms with Crippen molar-refractivity contribution in [1.29, 1.82) is 0 Å². The van der Waals surface area contributed by atoms with Gasteiger partial charge >= 0.3 is 0 Å². The summed E-state index contributed by atoms with van der Waals surface area (Å²) in [4.78, 5) is 0. The van der Waals surface area contributed by atoms with Crippen LogP contribution in [0.4, 0.5) is 0 Å². The van der Waals surface area contributed by atoms with Crippen LogP contribution in [0.1, 0.15) is 78.6 Å². The minimum atomic E-state index is -1.43. The molecule has 1 N–H and O–H groups in total. The van der Waals surface area contributed by atoms with Gasteiger partial charge in [0.2, 0.25) is 0 Å².